The maximum absolute atomic E-state index is 5.63. The van der Waals surface area contributed by atoms with E-state index in [4.69, 9.17) is 9.47 Å². The summed E-state index contributed by atoms with van der Waals surface area (Å²) in [5, 5.41) is 0. The van der Waals surface area contributed by atoms with Crippen molar-refractivity contribution in [3.05, 3.63) is 54.2 Å². The summed E-state index contributed by atoms with van der Waals surface area (Å²) >= 11 is 0. The van der Waals surface area contributed by atoms with E-state index in [-0.39, 0.29) is 0 Å². The summed E-state index contributed by atoms with van der Waals surface area (Å²) < 4.78 is 11.2. The Kier molecular flexibility index (Phi) is 3.13. The number of benzene rings is 1. The lowest BCUT2D eigenvalue weighted by Gasteiger charge is -2.07. The number of nitrogens with zero attached hydrogens (tertiary/aromatic N) is 1. The van der Waals surface area contributed by atoms with Crippen molar-refractivity contribution in [2.45, 2.75) is 25.6 Å². The highest BCUT2D eigenvalue weighted by molar-refractivity contribution is 5.24. The monoisotopic (exact) mass is 241 g/mol. The molecule has 92 valence electrons. The highest BCUT2D eigenvalue weighted by atomic mass is 16.5. The minimum Gasteiger partial charge on any atom is -0.489 e. The van der Waals surface area contributed by atoms with Gasteiger partial charge in [0.15, 0.2) is 0 Å². The van der Waals surface area contributed by atoms with Gasteiger partial charge in [-0.2, -0.15) is 0 Å². The molecule has 0 atom stereocenters. The number of hydrogen-bond acceptors (Lipinski definition) is 3. The van der Waals surface area contributed by atoms with Gasteiger partial charge in [-0.1, -0.05) is 30.3 Å². The minimum absolute atomic E-state index is 0.405. The molecule has 1 aliphatic carbocycles. The zero-order valence-corrected chi connectivity index (χ0v) is 10.1. The third kappa shape index (κ3) is 3.00. The van der Waals surface area contributed by atoms with Crippen LogP contribution in [-0.4, -0.2) is 11.1 Å². The van der Waals surface area contributed by atoms with Crippen molar-refractivity contribution in [1.29, 1.82) is 0 Å². The molecule has 0 aliphatic heterocycles. The van der Waals surface area contributed by atoms with Gasteiger partial charge in [0.05, 0.1) is 12.3 Å². The summed E-state index contributed by atoms with van der Waals surface area (Å²) in [6.07, 6.45) is 4.44. The van der Waals surface area contributed by atoms with Crippen LogP contribution in [0.25, 0.3) is 0 Å². The van der Waals surface area contributed by atoms with E-state index < -0.39 is 0 Å². The van der Waals surface area contributed by atoms with Crippen LogP contribution in [0.4, 0.5) is 0 Å². The molecule has 3 rings (SSSR count). The number of aromatic nitrogens is 1. The molecule has 3 nitrogen and oxygen atoms in total. The van der Waals surface area contributed by atoms with Crippen molar-refractivity contribution in [3.8, 4) is 11.6 Å². The van der Waals surface area contributed by atoms with E-state index in [0.717, 1.165) is 24.2 Å². The predicted molar refractivity (Wildman–Crippen MR) is 68.7 cm³/mol. The Bertz CT molecular complexity index is 492. The minimum atomic E-state index is 0.405. The van der Waals surface area contributed by atoms with E-state index in [0.29, 0.717) is 18.6 Å². The fraction of sp³-hybridized carbons (Fsp3) is 0.267. The van der Waals surface area contributed by atoms with Crippen LogP contribution in [0.1, 0.15) is 18.4 Å². The molecule has 0 N–H and O–H groups in total. The number of rotatable bonds is 5. The van der Waals surface area contributed by atoms with Crippen LogP contribution in [-0.2, 0) is 6.61 Å². The molecule has 1 saturated carbocycles. The van der Waals surface area contributed by atoms with Gasteiger partial charge in [-0.25, -0.2) is 4.98 Å². The van der Waals surface area contributed by atoms with Gasteiger partial charge < -0.3 is 9.47 Å². The first-order valence-electron chi connectivity index (χ1n) is 6.19. The topological polar surface area (TPSA) is 31.4 Å². The van der Waals surface area contributed by atoms with Gasteiger partial charge in [-0.05, 0) is 24.5 Å². The van der Waals surface area contributed by atoms with Gasteiger partial charge in [-0.3, -0.25) is 0 Å². The average Bonchev–Trinajstić information content (AvgIpc) is 3.23. The first kappa shape index (κ1) is 11.1. The lowest BCUT2D eigenvalue weighted by atomic mass is 10.2. The summed E-state index contributed by atoms with van der Waals surface area (Å²) in [6.45, 7) is 0.538. The van der Waals surface area contributed by atoms with Crippen LogP contribution in [0.5, 0.6) is 11.6 Å². The number of hydrogen-bond donors (Lipinski definition) is 0. The first-order chi connectivity index (χ1) is 8.90. The Balaban J connectivity index is 1.56. The van der Waals surface area contributed by atoms with Crippen molar-refractivity contribution in [2.24, 2.45) is 0 Å². The smallest absolute Gasteiger partial charge is 0.213 e. The maximum Gasteiger partial charge on any atom is 0.213 e. The van der Waals surface area contributed by atoms with Gasteiger partial charge in [0, 0.05) is 6.07 Å². The summed E-state index contributed by atoms with van der Waals surface area (Å²) in [4.78, 5) is 4.23. The van der Waals surface area contributed by atoms with E-state index in [1.807, 2.05) is 42.5 Å². The Morgan fingerprint density at radius 3 is 2.56 bits per heavy atom. The highest BCUT2D eigenvalue weighted by Gasteiger charge is 2.23. The second kappa shape index (κ2) is 5.08. The zero-order chi connectivity index (χ0) is 12.2. The van der Waals surface area contributed by atoms with Crippen molar-refractivity contribution >= 4 is 0 Å². The van der Waals surface area contributed by atoms with Gasteiger partial charge in [0.25, 0.3) is 0 Å². The van der Waals surface area contributed by atoms with Gasteiger partial charge in [0.2, 0.25) is 5.88 Å². The second-order valence-electron chi connectivity index (χ2n) is 4.42. The quantitative estimate of drug-likeness (QED) is 0.805. The molecule has 1 fully saturated rings. The van der Waals surface area contributed by atoms with Crippen molar-refractivity contribution < 1.29 is 9.47 Å². The van der Waals surface area contributed by atoms with E-state index >= 15 is 0 Å². The summed E-state index contributed by atoms with van der Waals surface area (Å²) in [6, 6.07) is 13.8. The van der Waals surface area contributed by atoms with Crippen LogP contribution in [0.15, 0.2) is 48.7 Å². The molecular weight excluding hydrogens is 226 g/mol. The first-order valence-corrected chi connectivity index (χ1v) is 6.19. The molecule has 0 spiro atoms. The molecule has 0 bridgehead atoms. The molecule has 1 heterocycles. The average molecular weight is 241 g/mol. The Morgan fingerprint density at radius 2 is 1.89 bits per heavy atom. The van der Waals surface area contributed by atoms with Gasteiger partial charge in [-0.15, -0.1) is 0 Å². The Hall–Kier alpha value is -2.03. The van der Waals surface area contributed by atoms with Crippen molar-refractivity contribution in [3.63, 3.8) is 0 Å². The number of ether oxygens (including phenoxy) is 2. The van der Waals surface area contributed by atoms with E-state index in [2.05, 4.69) is 4.98 Å². The molecule has 0 unspecified atom stereocenters. The second-order valence-corrected chi connectivity index (χ2v) is 4.42. The molecule has 18 heavy (non-hydrogen) atoms. The molecule has 1 aromatic heterocycles. The Labute approximate surface area is 106 Å². The largest absolute Gasteiger partial charge is 0.489 e. The van der Waals surface area contributed by atoms with Gasteiger partial charge in [0.1, 0.15) is 12.4 Å². The third-order valence-corrected chi connectivity index (χ3v) is 2.77. The number of pyridine rings is 1. The van der Waals surface area contributed by atoms with Crippen LogP contribution < -0.4 is 9.47 Å². The predicted octanol–water partition coefficient (Wildman–Crippen LogP) is 3.20. The molecule has 0 saturated heterocycles. The molecule has 0 amide bonds. The van der Waals surface area contributed by atoms with E-state index in [9.17, 15) is 0 Å². The van der Waals surface area contributed by atoms with Crippen LogP contribution >= 0.6 is 0 Å². The van der Waals surface area contributed by atoms with Crippen LogP contribution in [0, 0.1) is 0 Å². The molecule has 3 heteroatoms. The molecule has 1 aliphatic rings. The zero-order valence-electron chi connectivity index (χ0n) is 10.1. The third-order valence-electron chi connectivity index (χ3n) is 2.77. The SMILES string of the molecule is c1ccc(COc2ccc(OC3CC3)cn2)cc1. The molecule has 2 aromatic rings. The fourth-order valence-electron chi connectivity index (χ4n) is 1.63. The standard InChI is InChI=1S/C15H15NO2/c1-2-4-12(5-3-1)11-17-15-9-8-14(10-16-15)18-13-6-7-13/h1-5,8-10,13H,6-7,11H2. The normalized spacial score (nSPS) is 14.2. The van der Waals surface area contributed by atoms with Crippen molar-refractivity contribution in [2.75, 3.05) is 0 Å². The molecule has 0 radical (unpaired) electrons. The Morgan fingerprint density at radius 1 is 1.06 bits per heavy atom. The molecule has 1 aromatic carbocycles. The lowest BCUT2D eigenvalue weighted by molar-refractivity contribution is 0.285. The molecular formula is C15H15NO2. The lowest BCUT2D eigenvalue weighted by Crippen LogP contribution is -1.99. The summed E-state index contributed by atoms with van der Waals surface area (Å²) in [7, 11) is 0. The van der Waals surface area contributed by atoms with E-state index in [1.54, 1.807) is 6.20 Å². The summed E-state index contributed by atoms with van der Waals surface area (Å²) in [5.74, 6) is 1.45. The van der Waals surface area contributed by atoms with Crippen molar-refractivity contribution in [1.82, 2.24) is 4.98 Å². The fourth-order valence-corrected chi connectivity index (χ4v) is 1.63. The van der Waals surface area contributed by atoms with Crippen LogP contribution in [0.3, 0.4) is 0 Å². The maximum atomic E-state index is 5.63. The summed E-state index contributed by atoms with van der Waals surface area (Å²) in [5.41, 5.74) is 1.14. The van der Waals surface area contributed by atoms with Crippen LogP contribution in [0.2, 0.25) is 0 Å². The van der Waals surface area contributed by atoms with E-state index in [1.165, 1.54) is 0 Å². The highest BCUT2D eigenvalue weighted by Crippen LogP contribution is 2.26. The van der Waals surface area contributed by atoms with Gasteiger partial charge >= 0.3 is 0 Å².